The highest BCUT2D eigenvalue weighted by Gasteiger charge is 2.28. The summed E-state index contributed by atoms with van der Waals surface area (Å²) < 4.78 is 0. The van der Waals surface area contributed by atoms with Gasteiger partial charge in [0, 0.05) is 19.9 Å². The van der Waals surface area contributed by atoms with E-state index in [4.69, 9.17) is 5.73 Å². The number of carbonyl (C=O) groups is 5. The summed E-state index contributed by atoms with van der Waals surface area (Å²) in [7, 11) is 1.43. The third kappa shape index (κ3) is 10.1. The molecule has 0 spiro atoms. The molecular weight excluding hydrogens is 504 g/mol. The maximum Gasteiger partial charge on any atom is 0.261 e. The summed E-state index contributed by atoms with van der Waals surface area (Å²) in [4.78, 5) is 63.4. The minimum absolute atomic E-state index is 0.0949. The Labute approximate surface area is 227 Å². The number of phenols is 1. The van der Waals surface area contributed by atoms with Crippen LogP contribution < -0.4 is 27.2 Å². The van der Waals surface area contributed by atoms with Crippen LogP contribution in [0.2, 0.25) is 0 Å². The molecule has 12 nitrogen and oxygen atoms in total. The van der Waals surface area contributed by atoms with Crippen molar-refractivity contribution in [1.29, 1.82) is 0 Å². The molecule has 2 aromatic rings. The molecule has 7 N–H and O–H groups in total. The molecule has 3 atom stereocenters. The number of aromatic hydroxyl groups is 1. The first-order valence-corrected chi connectivity index (χ1v) is 12.5. The first-order valence-electron chi connectivity index (χ1n) is 12.5. The Morgan fingerprint density at radius 2 is 1.49 bits per heavy atom. The summed E-state index contributed by atoms with van der Waals surface area (Å²) in [5, 5.41) is 14.3. The fourth-order valence-electron chi connectivity index (χ4n) is 3.52. The minimum atomic E-state index is -0.978. The maximum absolute atomic E-state index is 12.9. The Morgan fingerprint density at radius 3 is 2.10 bits per heavy atom. The lowest BCUT2D eigenvalue weighted by atomic mass is 10.0. The maximum atomic E-state index is 12.9. The normalized spacial score (nSPS) is 12.8. The number of rotatable bonds is 12. The van der Waals surface area contributed by atoms with E-state index in [1.54, 1.807) is 31.2 Å². The van der Waals surface area contributed by atoms with Gasteiger partial charge in [0.1, 0.15) is 17.8 Å². The zero-order valence-electron chi connectivity index (χ0n) is 22.3. The summed E-state index contributed by atoms with van der Waals surface area (Å²) in [5.41, 5.74) is 12.1. The van der Waals surface area contributed by atoms with Gasteiger partial charge >= 0.3 is 0 Å². The number of phenolic OH excluding ortho intramolecular Hbond substituents is 1. The van der Waals surface area contributed by atoms with Crippen LogP contribution in [0.4, 0.5) is 0 Å². The number of likely N-dealkylation sites (N-methyl/N-ethyl adjacent to an activating group) is 1. The summed E-state index contributed by atoms with van der Waals surface area (Å²) >= 11 is 0. The van der Waals surface area contributed by atoms with Gasteiger partial charge in [-0.15, -0.1) is 0 Å². The number of nitrogens with one attached hydrogen (secondary N) is 4. The third-order valence-electron chi connectivity index (χ3n) is 5.98. The Balaban J connectivity index is 1.93. The molecule has 12 heteroatoms. The molecule has 210 valence electrons. The number of carbonyl (C=O) groups excluding carboxylic acids is 5. The number of hydrogen-bond acceptors (Lipinski definition) is 7. The second-order valence-corrected chi connectivity index (χ2v) is 9.03. The second kappa shape index (κ2) is 15.1. The molecule has 0 aliphatic heterocycles. The quantitative estimate of drug-likeness (QED) is 0.196. The Morgan fingerprint density at radius 1 is 0.872 bits per heavy atom. The molecule has 0 fully saturated rings. The van der Waals surface area contributed by atoms with Gasteiger partial charge in [0.25, 0.3) is 5.91 Å². The van der Waals surface area contributed by atoms with Crippen LogP contribution in [0.1, 0.15) is 31.4 Å². The zero-order chi connectivity index (χ0) is 28.9. The molecule has 39 heavy (non-hydrogen) atoms. The van der Waals surface area contributed by atoms with Crippen LogP contribution in [0, 0.1) is 0 Å². The van der Waals surface area contributed by atoms with Crippen molar-refractivity contribution < 1.29 is 29.1 Å². The van der Waals surface area contributed by atoms with Crippen LogP contribution in [-0.2, 0) is 36.8 Å². The number of amides is 5. The topological polar surface area (TPSA) is 183 Å². The Bertz CT molecular complexity index is 1140. The predicted octanol–water partition coefficient (Wildman–Crippen LogP) is -0.490. The van der Waals surface area contributed by atoms with Crippen LogP contribution in [0.25, 0.3) is 0 Å². The summed E-state index contributed by atoms with van der Waals surface area (Å²) in [6, 6.07) is 12.4. The number of hydrazine groups is 1. The van der Waals surface area contributed by atoms with Crippen molar-refractivity contribution in [3.8, 4) is 5.75 Å². The van der Waals surface area contributed by atoms with Gasteiger partial charge in [-0.2, -0.15) is 0 Å². The fourth-order valence-corrected chi connectivity index (χ4v) is 3.52. The number of hydrogen-bond donors (Lipinski definition) is 6. The second-order valence-electron chi connectivity index (χ2n) is 9.03. The van der Waals surface area contributed by atoms with Crippen molar-refractivity contribution in [2.45, 2.75) is 51.2 Å². The zero-order valence-corrected chi connectivity index (χ0v) is 22.3. The van der Waals surface area contributed by atoms with Crippen molar-refractivity contribution >= 4 is 29.5 Å². The average molecular weight is 541 g/mol. The van der Waals surface area contributed by atoms with Crippen LogP contribution in [-0.4, -0.2) is 71.3 Å². The molecule has 0 bridgehead atoms. The van der Waals surface area contributed by atoms with Crippen molar-refractivity contribution in [2.24, 2.45) is 5.73 Å². The molecule has 0 aromatic heterocycles. The van der Waals surface area contributed by atoms with E-state index in [9.17, 15) is 29.1 Å². The summed E-state index contributed by atoms with van der Waals surface area (Å²) in [6.45, 7) is 2.67. The highest BCUT2D eigenvalue weighted by atomic mass is 16.3. The Hall–Kier alpha value is -4.45. The fraction of sp³-hybridized carbons (Fsp3) is 0.370. The van der Waals surface area contributed by atoms with Gasteiger partial charge in [-0.1, -0.05) is 49.4 Å². The predicted molar refractivity (Wildman–Crippen MR) is 144 cm³/mol. The van der Waals surface area contributed by atoms with Gasteiger partial charge < -0.3 is 26.4 Å². The highest BCUT2D eigenvalue weighted by Crippen LogP contribution is 2.11. The monoisotopic (exact) mass is 540 g/mol. The van der Waals surface area contributed by atoms with Crippen LogP contribution in [0.3, 0.4) is 0 Å². The Kier molecular flexibility index (Phi) is 11.9. The average Bonchev–Trinajstić information content (AvgIpc) is 2.94. The van der Waals surface area contributed by atoms with Gasteiger partial charge in [-0.3, -0.25) is 34.8 Å². The highest BCUT2D eigenvalue weighted by molar-refractivity contribution is 5.93. The standard InChI is InChI=1S/C27H36N6O6/c1-4-23(35)31-32-27(39)22(15-18-8-6-5-7-9-18)33(3)24(36)16-29-25(37)17(2)30-26(38)21(28)14-19-10-12-20(34)13-11-19/h5-13,17,21-22,34H,4,14-16,28H2,1-3H3,(H,29,37)(H,30,38)(H,31,35)(H,32,39)/t17-,21-,22-/m0/s1. The first-order chi connectivity index (χ1) is 18.5. The third-order valence-corrected chi connectivity index (χ3v) is 5.98. The molecule has 0 saturated heterocycles. The largest absolute Gasteiger partial charge is 0.508 e. The van der Waals surface area contributed by atoms with Crippen LogP contribution in [0.15, 0.2) is 54.6 Å². The van der Waals surface area contributed by atoms with Crippen molar-refractivity contribution in [3.05, 3.63) is 65.7 Å². The lowest BCUT2D eigenvalue weighted by molar-refractivity contribution is -0.140. The molecule has 0 heterocycles. The molecule has 0 aliphatic carbocycles. The van der Waals surface area contributed by atoms with E-state index in [1.165, 1.54) is 31.0 Å². The number of nitrogens with two attached hydrogens (primary N) is 1. The van der Waals surface area contributed by atoms with Crippen LogP contribution in [0.5, 0.6) is 5.75 Å². The van der Waals surface area contributed by atoms with E-state index in [-0.39, 0.29) is 30.9 Å². The van der Waals surface area contributed by atoms with E-state index in [0.717, 1.165) is 11.1 Å². The van der Waals surface area contributed by atoms with Gasteiger partial charge in [-0.05, 0) is 36.6 Å². The smallest absolute Gasteiger partial charge is 0.261 e. The number of nitrogens with zero attached hydrogens (tertiary/aromatic N) is 1. The van der Waals surface area contributed by atoms with Crippen LogP contribution >= 0.6 is 0 Å². The van der Waals surface area contributed by atoms with E-state index in [1.807, 2.05) is 18.2 Å². The molecule has 0 unspecified atom stereocenters. The minimum Gasteiger partial charge on any atom is -0.508 e. The van der Waals surface area contributed by atoms with Crippen molar-refractivity contribution in [2.75, 3.05) is 13.6 Å². The first kappa shape index (κ1) is 30.8. The van der Waals surface area contributed by atoms with E-state index in [2.05, 4.69) is 21.5 Å². The summed E-state index contributed by atoms with van der Waals surface area (Å²) in [6.07, 6.45) is 0.546. The summed E-state index contributed by atoms with van der Waals surface area (Å²) in [5.74, 6) is -2.60. The molecule has 0 saturated carbocycles. The van der Waals surface area contributed by atoms with Gasteiger partial charge in [0.15, 0.2) is 0 Å². The molecule has 0 radical (unpaired) electrons. The van der Waals surface area contributed by atoms with Gasteiger partial charge in [0.2, 0.25) is 23.6 Å². The molecule has 2 aromatic carbocycles. The molecule has 5 amide bonds. The molecule has 2 rings (SSSR count). The number of benzene rings is 2. The van der Waals surface area contributed by atoms with Gasteiger partial charge in [-0.25, -0.2) is 0 Å². The van der Waals surface area contributed by atoms with Crippen molar-refractivity contribution in [3.63, 3.8) is 0 Å². The van der Waals surface area contributed by atoms with Crippen molar-refractivity contribution in [1.82, 2.24) is 26.4 Å². The molecule has 0 aliphatic rings. The lowest BCUT2D eigenvalue weighted by Gasteiger charge is -2.28. The van der Waals surface area contributed by atoms with E-state index >= 15 is 0 Å². The van der Waals surface area contributed by atoms with E-state index < -0.39 is 48.3 Å². The lowest BCUT2D eigenvalue weighted by Crippen LogP contribution is -2.56. The van der Waals surface area contributed by atoms with E-state index in [0.29, 0.717) is 0 Å². The van der Waals surface area contributed by atoms with Gasteiger partial charge in [0.05, 0.1) is 12.6 Å². The molecular formula is C27H36N6O6. The SMILES string of the molecule is CCC(=O)NNC(=O)[C@H](Cc1ccccc1)N(C)C(=O)CNC(=O)[C@H](C)NC(=O)[C@@H](N)Cc1ccc(O)cc1.